The number of amides is 1. The molecule has 2 aromatic rings. The highest BCUT2D eigenvalue weighted by Crippen LogP contribution is 2.40. The highest BCUT2D eigenvalue weighted by Gasteiger charge is 2.47. The zero-order valence-corrected chi connectivity index (χ0v) is 16.9. The van der Waals surface area contributed by atoms with Gasteiger partial charge in [0.15, 0.2) is 5.82 Å². The average molecular weight is 384 g/mol. The third-order valence-electron chi connectivity index (χ3n) is 5.37. The molecule has 28 heavy (non-hydrogen) atoms. The number of tetrazole rings is 1. The van der Waals surface area contributed by atoms with Gasteiger partial charge in [0.05, 0.1) is 7.05 Å². The van der Waals surface area contributed by atoms with Gasteiger partial charge in [0, 0.05) is 25.2 Å². The number of aromatic nitrogens is 4. The summed E-state index contributed by atoms with van der Waals surface area (Å²) in [5.74, 6) is 0.705. The lowest BCUT2D eigenvalue weighted by Crippen LogP contribution is -2.57. The molecule has 2 fully saturated rings. The first-order valence-electron chi connectivity index (χ1n) is 9.86. The first-order valence-corrected chi connectivity index (χ1v) is 9.86. The summed E-state index contributed by atoms with van der Waals surface area (Å²) >= 11 is 0. The van der Waals surface area contributed by atoms with Crippen LogP contribution in [-0.2, 0) is 11.8 Å². The van der Waals surface area contributed by atoms with Crippen molar-refractivity contribution < 1.29 is 9.53 Å². The van der Waals surface area contributed by atoms with E-state index in [0.717, 1.165) is 18.4 Å². The van der Waals surface area contributed by atoms with E-state index in [1.165, 1.54) is 4.80 Å². The Morgan fingerprint density at radius 1 is 1.14 bits per heavy atom. The number of rotatable bonds is 3. The Hall–Kier alpha value is -2.48. The lowest BCUT2D eigenvalue weighted by Gasteiger charge is -2.44. The normalized spacial score (nSPS) is 23.6. The zero-order chi connectivity index (χ0) is 19.9. The second-order valence-electron chi connectivity index (χ2n) is 8.67. The number of ether oxygens (including phenoxy) is 1. The molecular weight excluding hydrogens is 356 g/mol. The topological polar surface area (TPSA) is 76.4 Å². The second kappa shape index (κ2) is 7.16. The van der Waals surface area contributed by atoms with Crippen molar-refractivity contribution in [2.45, 2.75) is 57.3 Å². The van der Waals surface area contributed by atoms with E-state index in [1.54, 1.807) is 7.05 Å². The molecule has 0 radical (unpaired) electrons. The van der Waals surface area contributed by atoms with Crippen LogP contribution in [0, 0.1) is 0 Å². The molecule has 1 aromatic heterocycles. The van der Waals surface area contributed by atoms with Gasteiger partial charge in [-0.25, -0.2) is 4.79 Å². The Labute approximate surface area is 165 Å². The molecule has 2 saturated heterocycles. The van der Waals surface area contributed by atoms with Gasteiger partial charge in [-0.1, -0.05) is 30.3 Å². The number of carbonyl (C=O) groups excluding carboxylic acids is 1. The monoisotopic (exact) mass is 384 g/mol. The minimum Gasteiger partial charge on any atom is -0.444 e. The Balaban J connectivity index is 1.60. The summed E-state index contributed by atoms with van der Waals surface area (Å²) in [6.45, 7) is 7.03. The largest absolute Gasteiger partial charge is 0.444 e. The van der Waals surface area contributed by atoms with Crippen molar-refractivity contribution in [1.29, 1.82) is 0 Å². The highest BCUT2D eigenvalue weighted by molar-refractivity contribution is 5.68. The van der Waals surface area contributed by atoms with Crippen molar-refractivity contribution in [3.63, 3.8) is 0 Å². The molecule has 3 atom stereocenters. The van der Waals surface area contributed by atoms with Gasteiger partial charge in [0.1, 0.15) is 11.6 Å². The summed E-state index contributed by atoms with van der Waals surface area (Å²) in [5, 5.41) is 12.9. The summed E-state index contributed by atoms with van der Waals surface area (Å²) in [6, 6.07) is 10.8. The third-order valence-corrected chi connectivity index (χ3v) is 5.37. The Morgan fingerprint density at radius 3 is 2.32 bits per heavy atom. The van der Waals surface area contributed by atoms with Gasteiger partial charge in [0.25, 0.3) is 0 Å². The molecule has 1 aromatic carbocycles. The Bertz CT molecular complexity index is 817. The van der Waals surface area contributed by atoms with Gasteiger partial charge in [-0.15, -0.1) is 10.2 Å². The zero-order valence-electron chi connectivity index (χ0n) is 16.9. The number of hydrogen-bond donors (Lipinski definition) is 0. The molecule has 4 rings (SSSR count). The molecule has 3 unspecified atom stereocenters. The van der Waals surface area contributed by atoms with Crippen molar-refractivity contribution in [3.8, 4) is 0 Å². The standard InChI is InChI=1S/C20H28N6O2/c1-20(2,3)28-19(27)25-12-15-10-11-16(13-25)26(15)17(14-8-6-5-7-9-14)18-21-23-24(4)22-18/h5-9,15-17H,10-13H2,1-4H3. The molecule has 2 aliphatic rings. The van der Waals surface area contributed by atoms with Crippen LogP contribution in [0.3, 0.4) is 0 Å². The summed E-state index contributed by atoms with van der Waals surface area (Å²) < 4.78 is 5.60. The van der Waals surface area contributed by atoms with Crippen molar-refractivity contribution >= 4 is 6.09 Å². The van der Waals surface area contributed by atoms with E-state index >= 15 is 0 Å². The van der Waals surface area contributed by atoms with Crippen molar-refractivity contribution in [1.82, 2.24) is 30.0 Å². The van der Waals surface area contributed by atoms with Crippen LogP contribution in [0.2, 0.25) is 0 Å². The van der Waals surface area contributed by atoms with Crippen LogP contribution < -0.4 is 0 Å². The fraction of sp³-hybridized carbons (Fsp3) is 0.600. The number of aryl methyl sites for hydroxylation is 1. The van der Waals surface area contributed by atoms with Gasteiger partial charge in [0.2, 0.25) is 0 Å². The fourth-order valence-corrected chi connectivity index (χ4v) is 4.33. The second-order valence-corrected chi connectivity index (χ2v) is 8.67. The molecule has 0 saturated carbocycles. The van der Waals surface area contributed by atoms with Crippen LogP contribution in [0.15, 0.2) is 30.3 Å². The quantitative estimate of drug-likeness (QED) is 0.809. The summed E-state index contributed by atoms with van der Waals surface area (Å²) in [4.78, 5) is 18.4. The van der Waals surface area contributed by atoms with E-state index in [4.69, 9.17) is 4.74 Å². The van der Waals surface area contributed by atoms with Crippen LogP contribution >= 0.6 is 0 Å². The van der Waals surface area contributed by atoms with Crippen LogP contribution in [0.1, 0.15) is 51.0 Å². The van der Waals surface area contributed by atoms with Crippen molar-refractivity contribution in [3.05, 3.63) is 41.7 Å². The maximum Gasteiger partial charge on any atom is 0.410 e. The molecule has 3 heterocycles. The fourth-order valence-electron chi connectivity index (χ4n) is 4.33. The number of hydrogen-bond acceptors (Lipinski definition) is 6. The summed E-state index contributed by atoms with van der Waals surface area (Å²) in [7, 11) is 1.79. The molecule has 2 bridgehead atoms. The molecule has 8 nitrogen and oxygen atoms in total. The lowest BCUT2D eigenvalue weighted by atomic mass is 10.0. The van der Waals surface area contributed by atoms with E-state index in [9.17, 15) is 4.79 Å². The average Bonchev–Trinajstić information content (AvgIpc) is 3.15. The number of carbonyl (C=O) groups is 1. The van der Waals surface area contributed by atoms with Gasteiger partial charge >= 0.3 is 6.09 Å². The molecule has 0 aliphatic carbocycles. The van der Waals surface area contributed by atoms with Crippen LogP contribution in [0.5, 0.6) is 0 Å². The number of nitrogens with zero attached hydrogens (tertiary/aromatic N) is 6. The minimum absolute atomic E-state index is 0.0619. The van der Waals surface area contributed by atoms with Gasteiger partial charge < -0.3 is 9.64 Å². The van der Waals surface area contributed by atoms with E-state index in [0.29, 0.717) is 18.9 Å². The van der Waals surface area contributed by atoms with Crippen LogP contribution in [0.4, 0.5) is 4.79 Å². The number of fused-ring (bicyclic) bond motifs is 2. The molecule has 150 valence electrons. The van der Waals surface area contributed by atoms with E-state index in [-0.39, 0.29) is 24.2 Å². The predicted molar refractivity (Wildman–Crippen MR) is 104 cm³/mol. The number of benzene rings is 1. The van der Waals surface area contributed by atoms with Crippen molar-refractivity contribution in [2.75, 3.05) is 13.1 Å². The first kappa shape index (κ1) is 18.9. The Kier molecular flexibility index (Phi) is 4.82. The van der Waals surface area contributed by atoms with E-state index in [2.05, 4.69) is 32.4 Å². The molecule has 8 heteroatoms. The molecule has 1 amide bonds. The molecule has 0 spiro atoms. The summed E-state index contributed by atoms with van der Waals surface area (Å²) in [6.07, 6.45) is 1.87. The number of likely N-dealkylation sites (tertiary alicyclic amines) is 1. The summed E-state index contributed by atoms with van der Waals surface area (Å²) in [5.41, 5.74) is 0.668. The molecular formula is C20H28N6O2. The SMILES string of the molecule is Cn1nnc(C(c2ccccc2)N2C3CCC2CN(C(=O)OC(C)(C)C)C3)n1. The van der Waals surface area contributed by atoms with Gasteiger partial charge in [-0.2, -0.15) is 4.80 Å². The van der Waals surface area contributed by atoms with Gasteiger partial charge in [-0.05, 0) is 44.4 Å². The van der Waals surface area contributed by atoms with Crippen LogP contribution in [0.25, 0.3) is 0 Å². The maximum atomic E-state index is 12.6. The van der Waals surface area contributed by atoms with E-state index < -0.39 is 5.60 Å². The lowest BCUT2D eigenvalue weighted by molar-refractivity contribution is -0.00539. The maximum absolute atomic E-state index is 12.6. The molecule has 0 N–H and O–H groups in total. The van der Waals surface area contributed by atoms with E-state index in [1.807, 2.05) is 43.9 Å². The highest BCUT2D eigenvalue weighted by atomic mass is 16.6. The van der Waals surface area contributed by atoms with Crippen LogP contribution in [-0.4, -0.2) is 66.9 Å². The Morgan fingerprint density at radius 2 is 1.79 bits per heavy atom. The molecule has 2 aliphatic heterocycles. The number of piperazine rings is 1. The third kappa shape index (κ3) is 3.73. The smallest absolute Gasteiger partial charge is 0.410 e. The predicted octanol–water partition coefficient (Wildman–Crippen LogP) is 2.38. The van der Waals surface area contributed by atoms with Crippen molar-refractivity contribution in [2.24, 2.45) is 7.05 Å². The minimum atomic E-state index is -0.483. The van der Waals surface area contributed by atoms with Gasteiger partial charge in [-0.3, -0.25) is 4.90 Å². The first-order chi connectivity index (χ1) is 13.3.